The predicted octanol–water partition coefficient (Wildman–Crippen LogP) is 5.22. The lowest BCUT2D eigenvalue weighted by molar-refractivity contribution is 0.132. The van der Waals surface area contributed by atoms with Crippen LogP contribution in [0.2, 0.25) is 19.6 Å². The first-order chi connectivity index (χ1) is 8.54. The lowest BCUT2D eigenvalue weighted by Gasteiger charge is -2.45. The molecule has 1 rings (SSSR count). The molecule has 0 spiro atoms. The molecule has 1 fully saturated rings. The maximum absolute atomic E-state index is 13.6. The van der Waals surface area contributed by atoms with Gasteiger partial charge in [-0.25, -0.2) is 0 Å². The molecule has 0 radical (unpaired) electrons. The summed E-state index contributed by atoms with van der Waals surface area (Å²) in [6.07, 6.45) is 4.18. The van der Waals surface area contributed by atoms with E-state index in [4.69, 9.17) is 9.05 Å². The van der Waals surface area contributed by atoms with Crippen LogP contribution < -0.4 is 0 Å². The molecule has 3 nitrogen and oxygen atoms in total. The quantitative estimate of drug-likeness (QED) is 0.498. The highest BCUT2D eigenvalue weighted by Gasteiger charge is 2.60. The summed E-state index contributed by atoms with van der Waals surface area (Å²) in [5, 5.41) is 0. The molecule has 5 heteroatoms. The summed E-state index contributed by atoms with van der Waals surface area (Å²) in [6.45, 7) is 14.7. The van der Waals surface area contributed by atoms with Crippen molar-refractivity contribution in [2.24, 2.45) is 0 Å². The Kier molecular flexibility index (Phi) is 5.51. The van der Waals surface area contributed by atoms with Gasteiger partial charge in [0, 0.05) is 0 Å². The van der Waals surface area contributed by atoms with E-state index in [1.165, 1.54) is 0 Å². The van der Waals surface area contributed by atoms with Crippen molar-refractivity contribution in [3.63, 3.8) is 0 Å². The van der Waals surface area contributed by atoms with Gasteiger partial charge in [0.05, 0.1) is 25.1 Å². The lowest BCUT2D eigenvalue weighted by Crippen LogP contribution is -2.51. The zero-order valence-electron chi connectivity index (χ0n) is 13.7. The highest BCUT2D eigenvalue weighted by Crippen LogP contribution is 2.70. The van der Waals surface area contributed by atoms with Crippen LogP contribution in [0, 0.1) is 0 Å². The summed E-state index contributed by atoms with van der Waals surface area (Å²) in [6, 6.07) is 0. The number of hydrogen-bond donors (Lipinski definition) is 0. The van der Waals surface area contributed by atoms with Crippen LogP contribution in [0.15, 0.2) is 0 Å². The van der Waals surface area contributed by atoms with E-state index in [0.29, 0.717) is 0 Å². The third kappa shape index (κ3) is 3.52. The monoisotopic (exact) mass is 306 g/mol. The van der Waals surface area contributed by atoms with Gasteiger partial charge in [-0.15, -0.1) is 0 Å². The SMILES string of the molecule is CC(C)OP(=O)(OC(C)C)C1([Si](C)(C)C)CCCC1. The van der Waals surface area contributed by atoms with Crippen LogP contribution in [0.1, 0.15) is 53.4 Å². The van der Waals surface area contributed by atoms with Gasteiger partial charge in [0.2, 0.25) is 0 Å². The molecule has 0 N–H and O–H groups in total. The Hall–Kier alpha value is 0.367. The Morgan fingerprint density at radius 3 is 1.58 bits per heavy atom. The molecule has 0 unspecified atom stereocenters. The first-order valence-electron chi connectivity index (χ1n) is 7.51. The van der Waals surface area contributed by atoms with Gasteiger partial charge >= 0.3 is 7.60 Å². The molecule has 0 bridgehead atoms. The normalized spacial score (nSPS) is 20.5. The van der Waals surface area contributed by atoms with Crippen LogP contribution in [0.3, 0.4) is 0 Å². The molecule has 0 aromatic heterocycles. The van der Waals surface area contributed by atoms with E-state index < -0.39 is 15.7 Å². The smallest absolute Gasteiger partial charge is 0.306 e. The summed E-state index contributed by atoms with van der Waals surface area (Å²) < 4.78 is 25.3. The molecule has 1 aliphatic rings. The third-order valence-electron chi connectivity index (χ3n) is 4.05. The molecular weight excluding hydrogens is 275 g/mol. The van der Waals surface area contributed by atoms with Crippen LogP contribution in [0.5, 0.6) is 0 Å². The largest absolute Gasteiger partial charge is 0.334 e. The zero-order chi connectivity index (χ0) is 14.9. The van der Waals surface area contributed by atoms with Crippen LogP contribution in [-0.4, -0.2) is 25.1 Å². The molecule has 1 aliphatic carbocycles. The van der Waals surface area contributed by atoms with Crippen molar-refractivity contribution in [1.82, 2.24) is 0 Å². The Balaban J connectivity index is 3.23. The van der Waals surface area contributed by atoms with Gasteiger partial charge < -0.3 is 9.05 Å². The lowest BCUT2D eigenvalue weighted by atomic mass is 10.3. The summed E-state index contributed by atoms with van der Waals surface area (Å²) >= 11 is 0. The van der Waals surface area contributed by atoms with Gasteiger partial charge in [-0.3, -0.25) is 4.57 Å². The van der Waals surface area contributed by atoms with Crippen molar-refractivity contribution in [2.75, 3.05) is 0 Å². The maximum Gasteiger partial charge on any atom is 0.334 e. The zero-order valence-corrected chi connectivity index (χ0v) is 15.5. The topological polar surface area (TPSA) is 35.5 Å². The van der Waals surface area contributed by atoms with Crippen molar-refractivity contribution in [3.8, 4) is 0 Å². The second kappa shape index (κ2) is 6.01. The van der Waals surface area contributed by atoms with E-state index in [-0.39, 0.29) is 17.0 Å². The second-order valence-corrected chi connectivity index (χ2v) is 15.4. The average Bonchev–Trinajstić information content (AvgIpc) is 2.62. The van der Waals surface area contributed by atoms with Crippen molar-refractivity contribution in [3.05, 3.63) is 0 Å². The Bertz CT molecular complexity index is 327. The van der Waals surface area contributed by atoms with Crippen molar-refractivity contribution in [1.29, 1.82) is 0 Å². The fourth-order valence-corrected chi connectivity index (χ4v) is 11.1. The summed E-state index contributed by atoms with van der Waals surface area (Å²) in [4.78, 5) is 0. The highest BCUT2D eigenvalue weighted by molar-refractivity contribution is 7.59. The molecular formula is C14H31O3PSi. The average molecular weight is 306 g/mol. The predicted molar refractivity (Wildman–Crippen MR) is 84.6 cm³/mol. The van der Waals surface area contributed by atoms with E-state index >= 15 is 0 Å². The molecule has 1 saturated carbocycles. The fraction of sp³-hybridized carbons (Fsp3) is 1.00. The molecule has 114 valence electrons. The molecule has 0 heterocycles. The van der Waals surface area contributed by atoms with Gasteiger partial charge in [-0.05, 0) is 40.5 Å². The van der Waals surface area contributed by atoms with E-state index in [0.717, 1.165) is 25.7 Å². The van der Waals surface area contributed by atoms with Crippen LogP contribution in [-0.2, 0) is 13.6 Å². The Morgan fingerprint density at radius 2 is 1.32 bits per heavy atom. The molecule has 0 aromatic rings. The molecule has 0 amide bonds. The first kappa shape index (κ1) is 17.4. The van der Waals surface area contributed by atoms with E-state index in [2.05, 4.69) is 19.6 Å². The van der Waals surface area contributed by atoms with E-state index in [1.807, 2.05) is 27.7 Å². The van der Waals surface area contributed by atoms with Gasteiger partial charge in [0.25, 0.3) is 0 Å². The van der Waals surface area contributed by atoms with Crippen LogP contribution in [0.25, 0.3) is 0 Å². The van der Waals surface area contributed by atoms with Crippen LogP contribution >= 0.6 is 7.60 Å². The van der Waals surface area contributed by atoms with Crippen molar-refractivity contribution in [2.45, 2.75) is 90.0 Å². The van der Waals surface area contributed by atoms with E-state index in [1.54, 1.807) is 0 Å². The maximum atomic E-state index is 13.6. The van der Waals surface area contributed by atoms with Gasteiger partial charge in [-0.1, -0.05) is 32.5 Å². The molecule has 0 aromatic carbocycles. The van der Waals surface area contributed by atoms with Crippen molar-refractivity contribution >= 4 is 15.7 Å². The Morgan fingerprint density at radius 1 is 0.947 bits per heavy atom. The minimum absolute atomic E-state index is 0.0570. The molecule has 0 aliphatic heterocycles. The number of rotatable bonds is 6. The first-order valence-corrected chi connectivity index (χ1v) is 12.6. The summed E-state index contributed by atoms with van der Waals surface area (Å²) in [7, 11) is -4.73. The summed E-state index contributed by atoms with van der Waals surface area (Å²) in [5.74, 6) is 0. The molecule has 0 saturated heterocycles. The Labute approximate surface area is 120 Å². The highest BCUT2D eigenvalue weighted by atomic mass is 31.2. The molecule has 19 heavy (non-hydrogen) atoms. The minimum atomic E-state index is -3.07. The van der Waals surface area contributed by atoms with Gasteiger partial charge in [0.1, 0.15) is 0 Å². The number of hydrogen-bond acceptors (Lipinski definition) is 3. The van der Waals surface area contributed by atoms with Gasteiger partial charge in [0.15, 0.2) is 0 Å². The second-order valence-electron chi connectivity index (χ2n) is 7.29. The van der Waals surface area contributed by atoms with E-state index in [9.17, 15) is 4.57 Å². The van der Waals surface area contributed by atoms with Crippen molar-refractivity contribution < 1.29 is 13.6 Å². The summed E-state index contributed by atoms with van der Waals surface area (Å²) in [5.41, 5.74) is 0. The fourth-order valence-electron chi connectivity index (χ4n) is 3.18. The third-order valence-corrected chi connectivity index (χ3v) is 13.1. The molecule has 0 atom stereocenters. The van der Waals surface area contributed by atoms with Gasteiger partial charge in [-0.2, -0.15) is 0 Å². The minimum Gasteiger partial charge on any atom is -0.306 e. The standard InChI is InChI=1S/C14H31O3PSi/c1-12(2)16-18(15,17-13(3)4)14(19(5,6)7)10-8-9-11-14/h12-13H,8-11H2,1-7H3. The van der Waals surface area contributed by atoms with Crippen LogP contribution in [0.4, 0.5) is 0 Å².